The zero-order valence-electron chi connectivity index (χ0n) is 11.4. The number of ether oxygens (including phenoxy) is 1. The first-order valence-corrected chi connectivity index (χ1v) is 6.79. The molecule has 0 bridgehead atoms. The number of nitrogens with zero attached hydrogens (tertiary/aromatic N) is 2. The van der Waals surface area contributed by atoms with Gasteiger partial charge in [0.2, 0.25) is 0 Å². The van der Waals surface area contributed by atoms with Crippen LogP contribution in [0.15, 0.2) is 36.5 Å². The largest absolute Gasteiger partial charge is 0.461 e. The summed E-state index contributed by atoms with van der Waals surface area (Å²) in [6, 6.07) is 10.5. The van der Waals surface area contributed by atoms with Crippen molar-refractivity contribution < 1.29 is 9.53 Å². The number of fused-ring (bicyclic) bond motifs is 1. The minimum absolute atomic E-state index is 0.243. The van der Waals surface area contributed by atoms with Crippen LogP contribution in [0.4, 0.5) is 0 Å². The molecule has 2 aromatic rings. The molecular weight excluding hydrogens is 254 g/mol. The second-order valence-electron chi connectivity index (χ2n) is 4.76. The molecule has 1 N–H and O–H groups in total. The van der Waals surface area contributed by atoms with Crippen LogP contribution in [-0.2, 0) is 17.8 Å². The molecule has 1 aromatic carbocycles. The van der Waals surface area contributed by atoms with Gasteiger partial charge in [-0.25, -0.2) is 9.78 Å². The fourth-order valence-electron chi connectivity index (χ4n) is 2.44. The van der Waals surface area contributed by atoms with Crippen molar-refractivity contribution in [2.75, 3.05) is 6.61 Å². The molecule has 1 unspecified atom stereocenters. The van der Waals surface area contributed by atoms with Crippen LogP contribution >= 0.6 is 0 Å². The van der Waals surface area contributed by atoms with Crippen LogP contribution in [0.2, 0.25) is 0 Å². The van der Waals surface area contributed by atoms with Crippen LogP contribution in [0.3, 0.4) is 0 Å². The van der Waals surface area contributed by atoms with Crippen LogP contribution in [0.1, 0.15) is 34.8 Å². The number of nitrogens with one attached hydrogen (secondary N) is 1. The number of hydrogen-bond donors (Lipinski definition) is 1. The van der Waals surface area contributed by atoms with Crippen LogP contribution in [0.25, 0.3) is 0 Å². The predicted octanol–water partition coefficient (Wildman–Crippen LogP) is 1.90. The molecule has 1 aliphatic heterocycles. The number of benzene rings is 1. The smallest absolute Gasteiger partial charge is 0.358 e. The summed E-state index contributed by atoms with van der Waals surface area (Å²) in [5.74, 6) is 0.519. The Hall–Kier alpha value is -2.14. The van der Waals surface area contributed by atoms with E-state index < -0.39 is 0 Å². The molecule has 1 aliphatic rings. The van der Waals surface area contributed by atoms with Gasteiger partial charge in [-0.2, -0.15) is 0 Å². The first-order chi connectivity index (χ1) is 9.78. The summed E-state index contributed by atoms with van der Waals surface area (Å²) < 4.78 is 7.01. The van der Waals surface area contributed by atoms with Gasteiger partial charge in [0, 0.05) is 12.7 Å². The lowest BCUT2D eigenvalue weighted by molar-refractivity contribution is 0.0520. The molecule has 0 aliphatic carbocycles. The molecule has 20 heavy (non-hydrogen) atoms. The molecule has 3 rings (SSSR count). The highest BCUT2D eigenvalue weighted by Gasteiger charge is 2.23. The van der Waals surface area contributed by atoms with Gasteiger partial charge < -0.3 is 14.6 Å². The van der Waals surface area contributed by atoms with Crippen LogP contribution in [-0.4, -0.2) is 22.1 Å². The van der Waals surface area contributed by atoms with Crippen LogP contribution in [0, 0.1) is 0 Å². The van der Waals surface area contributed by atoms with E-state index in [-0.39, 0.29) is 12.0 Å². The minimum atomic E-state index is -0.356. The monoisotopic (exact) mass is 271 g/mol. The highest BCUT2D eigenvalue weighted by Crippen LogP contribution is 2.21. The van der Waals surface area contributed by atoms with Gasteiger partial charge in [-0.3, -0.25) is 0 Å². The zero-order chi connectivity index (χ0) is 13.9. The Kier molecular flexibility index (Phi) is 3.52. The van der Waals surface area contributed by atoms with E-state index in [0.717, 1.165) is 12.4 Å². The van der Waals surface area contributed by atoms with Crippen molar-refractivity contribution in [3.63, 3.8) is 0 Å². The molecule has 104 valence electrons. The second kappa shape index (κ2) is 5.46. The molecule has 1 atom stereocenters. The molecule has 0 saturated heterocycles. The third kappa shape index (κ3) is 2.44. The third-order valence-electron chi connectivity index (χ3n) is 3.43. The quantitative estimate of drug-likeness (QED) is 0.866. The predicted molar refractivity (Wildman–Crippen MR) is 74.2 cm³/mol. The maximum Gasteiger partial charge on any atom is 0.358 e. The van der Waals surface area contributed by atoms with Gasteiger partial charge in [-0.1, -0.05) is 30.3 Å². The lowest BCUT2D eigenvalue weighted by Crippen LogP contribution is -2.32. The first kappa shape index (κ1) is 12.9. The summed E-state index contributed by atoms with van der Waals surface area (Å²) in [7, 11) is 0. The van der Waals surface area contributed by atoms with Gasteiger partial charge in [0.1, 0.15) is 5.82 Å². The van der Waals surface area contributed by atoms with Crippen molar-refractivity contribution in [1.82, 2.24) is 14.9 Å². The number of imidazole rings is 1. The summed E-state index contributed by atoms with van der Waals surface area (Å²) >= 11 is 0. The molecule has 2 heterocycles. The number of esters is 1. The van der Waals surface area contributed by atoms with E-state index in [1.54, 1.807) is 13.1 Å². The number of carbonyl (C=O) groups excluding carboxylic acids is 1. The maximum atomic E-state index is 11.7. The van der Waals surface area contributed by atoms with E-state index in [1.807, 2.05) is 22.8 Å². The lowest BCUT2D eigenvalue weighted by atomic mass is 10.1. The lowest BCUT2D eigenvalue weighted by Gasteiger charge is -2.25. The van der Waals surface area contributed by atoms with Crippen molar-refractivity contribution in [2.45, 2.75) is 26.1 Å². The molecule has 5 heteroatoms. The molecule has 0 radical (unpaired) electrons. The standard InChI is InChI=1S/C15H17N3O2/c1-2-20-15(19)13-10-18-9-12(16-8-14(18)17-13)11-6-4-3-5-7-11/h3-7,10,12,16H,2,8-9H2,1H3. The highest BCUT2D eigenvalue weighted by atomic mass is 16.5. The number of rotatable bonds is 3. The SMILES string of the molecule is CCOC(=O)c1cn2c(n1)CNC(c1ccccc1)C2. The summed E-state index contributed by atoms with van der Waals surface area (Å²) in [6.45, 7) is 3.58. The molecular formula is C15H17N3O2. The van der Waals surface area contributed by atoms with E-state index in [4.69, 9.17) is 4.74 Å². The van der Waals surface area contributed by atoms with Crippen molar-refractivity contribution in [2.24, 2.45) is 0 Å². The Bertz CT molecular complexity index is 607. The fourth-order valence-corrected chi connectivity index (χ4v) is 2.44. The average Bonchev–Trinajstić information content (AvgIpc) is 2.91. The Morgan fingerprint density at radius 1 is 1.45 bits per heavy atom. The van der Waals surface area contributed by atoms with Crippen molar-refractivity contribution in [3.05, 3.63) is 53.6 Å². The van der Waals surface area contributed by atoms with Crippen LogP contribution < -0.4 is 5.32 Å². The van der Waals surface area contributed by atoms with E-state index in [0.29, 0.717) is 18.8 Å². The van der Waals surface area contributed by atoms with Gasteiger partial charge in [0.05, 0.1) is 19.2 Å². The molecule has 0 saturated carbocycles. The molecule has 0 amide bonds. The van der Waals surface area contributed by atoms with Crippen molar-refractivity contribution >= 4 is 5.97 Å². The highest BCUT2D eigenvalue weighted by molar-refractivity contribution is 5.87. The van der Waals surface area contributed by atoms with E-state index in [1.165, 1.54) is 5.56 Å². The van der Waals surface area contributed by atoms with E-state index in [2.05, 4.69) is 22.4 Å². The number of aromatic nitrogens is 2. The number of hydrogen-bond acceptors (Lipinski definition) is 4. The molecule has 1 aromatic heterocycles. The summed E-state index contributed by atoms with van der Waals surface area (Å²) in [6.07, 6.45) is 1.78. The van der Waals surface area contributed by atoms with Crippen molar-refractivity contribution in [1.29, 1.82) is 0 Å². The Morgan fingerprint density at radius 2 is 2.25 bits per heavy atom. The summed E-state index contributed by atoms with van der Waals surface area (Å²) in [5, 5.41) is 3.44. The van der Waals surface area contributed by atoms with Gasteiger partial charge in [0.15, 0.2) is 5.69 Å². The van der Waals surface area contributed by atoms with Crippen molar-refractivity contribution in [3.8, 4) is 0 Å². The molecule has 0 fully saturated rings. The topological polar surface area (TPSA) is 56.2 Å². The fraction of sp³-hybridized carbons (Fsp3) is 0.333. The average molecular weight is 271 g/mol. The third-order valence-corrected chi connectivity index (χ3v) is 3.43. The Morgan fingerprint density at radius 3 is 3.00 bits per heavy atom. The summed E-state index contributed by atoms with van der Waals surface area (Å²) in [5.41, 5.74) is 1.63. The number of carbonyl (C=O) groups is 1. The minimum Gasteiger partial charge on any atom is -0.461 e. The maximum absolute atomic E-state index is 11.7. The van der Waals surface area contributed by atoms with Gasteiger partial charge >= 0.3 is 5.97 Å². The van der Waals surface area contributed by atoms with Crippen LogP contribution in [0.5, 0.6) is 0 Å². The summed E-state index contributed by atoms with van der Waals surface area (Å²) in [4.78, 5) is 16.0. The Balaban J connectivity index is 1.80. The first-order valence-electron chi connectivity index (χ1n) is 6.79. The molecule has 5 nitrogen and oxygen atoms in total. The van der Waals surface area contributed by atoms with E-state index >= 15 is 0 Å². The second-order valence-corrected chi connectivity index (χ2v) is 4.76. The normalized spacial score (nSPS) is 17.6. The van der Waals surface area contributed by atoms with Gasteiger partial charge in [0.25, 0.3) is 0 Å². The van der Waals surface area contributed by atoms with Gasteiger partial charge in [-0.05, 0) is 12.5 Å². The molecule has 0 spiro atoms. The van der Waals surface area contributed by atoms with Gasteiger partial charge in [-0.15, -0.1) is 0 Å². The Labute approximate surface area is 117 Å². The zero-order valence-corrected chi connectivity index (χ0v) is 11.4. The van der Waals surface area contributed by atoms with E-state index in [9.17, 15) is 4.79 Å².